The summed E-state index contributed by atoms with van der Waals surface area (Å²) in [5.41, 5.74) is 12.5. The first kappa shape index (κ1) is 12.1. The van der Waals surface area contributed by atoms with Crippen LogP contribution in [0.1, 0.15) is 0 Å². The molecule has 3 rings (SSSR count). The van der Waals surface area contributed by atoms with Gasteiger partial charge in [-0.05, 0) is 17.5 Å². The minimum absolute atomic E-state index is 0.174. The Morgan fingerprint density at radius 1 is 1.20 bits per heavy atom. The van der Waals surface area contributed by atoms with Crippen molar-refractivity contribution in [1.82, 2.24) is 19.5 Å². The molecule has 0 amide bonds. The number of anilines is 2. The van der Waals surface area contributed by atoms with Gasteiger partial charge in [0.2, 0.25) is 5.95 Å². The van der Waals surface area contributed by atoms with E-state index in [0.717, 1.165) is 5.39 Å². The fourth-order valence-corrected chi connectivity index (χ4v) is 2.00. The molecule has 0 aromatic carbocycles. The average Bonchev–Trinajstić information content (AvgIpc) is 2.43. The van der Waals surface area contributed by atoms with Crippen molar-refractivity contribution in [2.45, 2.75) is 0 Å². The highest BCUT2D eigenvalue weighted by Gasteiger charge is 2.10. The topological polar surface area (TPSA) is 113 Å². The van der Waals surface area contributed by atoms with E-state index in [4.69, 9.17) is 11.5 Å². The van der Waals surface area contributed by atoms with Crippen LogP contribution in [0.3, 0.4) is 0 Å². The molecule has 0 spiro atoms. The molecule has 0 aliphatic heterocycles. The molecular formula is C13H12N6O. The first-order chi connectivity index (χ1) is 9.56. The number of nitrogens with zero attached hydrogens (tertiary/aromatic N) is 4. The fourth-order valence-electron chi connectivity index (χ4n) is 2.00. The zero-order chi connectivity index (χ0) is 14.3. The molecule has 0 aliphatic carbocycles. The van der Waals surface area contributed by atoms with Crippen LogP contribution < -0.4 is 17.0 Å². The Bertz CT molecular complexity index is 853. The lowest BCUT2D eigenvalue weighted by molar-refractivity contribution is 0.873. The molecule has 3 aromatic heterocycles. The number of fused-ring (bicyclic) bond motifs is 1. The summed E-state index contributed by atoms with van der Waals surface area (Å²) in [7, 11) is 1.67. The summed E-state index contributed by atoms with van der Waals surface area (Å²) >= 11 is 0. The third-order valence-corrected chi connectivity index (χ3v) is 3.06. The van der Waals surface area contributed by atoms with Gasteiger partial charge in [-0.25, -0.2) is 15.0 Å². The van der Waals surface area contributed by atoms with Crippen LogP contribution in [0.4, 0.5) is 11.8 Å². The summed E-state index contributed by atoms with van der Waals surface area (Å²) in [4.78, 5) is 24.1. The maximum atomic E-state index is 12.0. The number of hydrogen-bond acceptors (Lipinski definition) is 6. The summed E-state index contributed by atoms with van der Waals surface area (Å²) in [5.74, 6) is 0.381. The van der Waals surface area contributed by atoms with Gasteiger partial charge in [-0.15, -0.1) is 0 Å². The number of rotatable bonds is 1. The zero-order valence-corrected chi connectivity index (χ0v) is 10.7. The highest BCUT2D eigenvalue weighted by atomic mass is 16.1. The molecule has 0 atom stereocenters. The summed E-state index contributed by atoms with van der Waals surface area (Å²) < 4.78 is 1.46. The van der Waals surface area contributed by atoms with Crippen LogP contribution >= 0.6 is 0 Å². The predicted molar refractivity (Wildman–Crippen MR) is 76.8 cm³/mol. The van der Waals surface area contributed by atoms with Gasteiger partial charge >= 0.3 is 0 Å². The Balaban J connectivity index is 2.28. The van der Waals surface area contributed by atoms with E-state index in [1.54, 1.807) is 31.7 Å². The maximum absolute atomic E-state index is 12.0. The molecule has 7 nitrogen and oxygen atoms in total. The summed E-state index contributed by atoms with van der Waals surface area (Å²) in [6, 6.07) is 3.60. The molecule has 0 saturated heterocycles. The van der Waals surface area contributed by atoms with Crippen LogP contribution in [0.25, 0.3) is 22.0 Å². The number of hydrogen-bond donors (Lipinski definition) is 2. The van der Waals surface area contributed by atoms with Crippen molar-refractivity contribution in [1.29, 1.82) is 0 Å². The van der Waals surface area contributed by atoms with Crippen molar-refractivity contribution in [3.8, 4) is 11.3 Å². The van der Waals surface area contributed by atoms with E-state index in [0.29, 0.717) is 16.6 Å². The smallest absolute Gasteiger partial charge is 0.261 e. The van der Waals surface area contributed by atoms with Crippen LogP contribution in [-0.4, -0.2) is 19.5 Å². The molecule has 0 saturated carbocycles. The average molecular weight is 268 g/mol. The van der Waals surface area contributed by atoms with Gasteiger partial charge in [0, 0.05) is 31.2 Å². The molecule has 0 aliphatic rings. The number of nitrogen functional groups attached to an aromatic ring is 2. The molecular weight excluding hydrogens is 256 g/mol. The van der Waals surface area contributed by atoms with E-state index in [2.05, 4.69) is 15.0 Å². The molecule has 7 heteroatoms. The van der Waals surface area contributed by atoms with E-state index >= 15 is 0 Å². The van der Waals surface area contributed by atoms with Gasteiger partial charge in [0.15, 0.2) is 0 Å². The number of aryl methyl sites for hydroxylation is 1. The number of nitrogens with two attached hydrogens (primary N) is 2. The van der Waals surface area contributed by atoms with Crippen molar-refractivity contribution < 1.29 is 0 Å². The fraction of sp³-hybridized carbons (Fsp3) is 0.0769. The number of pyridine rings is 2. The molecule has 0 bridgehead atoms. The van der Waals surface area contributed by atoms with Gasteiger partial charge in [0.1, 0.15) is 5.82 Å². The van der Waals surface area contributed by atoms with Crippen LogP contribution in [0.5, 0.6) is 0 Å². The molecule has 100 valence electrons. The Kier molecular flexibility index (Phi) is 2.60. The maximum Gasteiger partial charge on any atom is 0.261 e. The minimum Gasteiger partial charge on any atom is -0.383 e. The predicted octanol–water partition coefficient (Wildman–Crippen LogP) is 0.555. The lowest BCUT2D eigenvalue weighted by Gasteiger charge is -2.07. The summed E-state index contributed by atoms with van der Waals surface area (Å²) in [6.45, 7) is 0. The van der Waals surface area contributed by atoms with E-state index in [1.165, 1.54) is 4.57 Å². The molecule has 3 aromatic rings. The van der Waals surface area contributed by atoms with E-state index < -0.39 is 0 Å². The van der Waals surface area contributed by atoms with Crippen LogP contribution in [-0.2, 0) is 7.05 Å². The highest BCUT2D eigenvalue weighted by Crippen LogP contribution is 2.23. The molecule has 20 heavy (non-hydrogen) atoms. The normalized spacial score (nSPS) is 10.8. The highest BCUT2D eigenvalue weighted by molar-refractivity contribution is 5.92. The molecule has 0 unspecified atom stereocenters. The Labute approximate surface area is 113 Å². The van der Waals surface area contributed by atoms with Crippen LogP contribution in [0.2, 0.25) is 0 Å². The van der Waals surface area contributed by atoms with Gasteiger partial charge in [0.05, 0.1) is 11.1 Å². The second-order valence-electron chi connectivity index (χ2n) is 4.42. The lowest BCUT2D eigenvalue weighted by Crippen LogP contribution is -2.17. The molecule has 4 N–H and O–H groups in total. The van der Waals surface area contributed by atoms with Crippen molar-refractivity contribution in [2.75, 3.05) is 11.5 Å². The minimum atomic E-state index is -0.174. The van der Waals surface area contributed by atoms with Crippen molar-refractivity contribution in [3.63, 3.8) is 0 Å². The van der Waals surface area contributed by atoms with Crippen LogP contribution in [0.15, 0.2) is 35.5 Å². The van der Waals surface area contributed by atoms with E-state index in [1.807, 2.05) is 6.07 Å². The second kappa shape index (κ2) is 4.30. The van der Waals surface area contributed by atoms with E-state index in [-0.39, 0.29) is 17.3 Å². The first-order valence-electron chi connectivity index (χ1n) is 5.90. The monoisotopic (exact) mass is 268 g/mol. The molecule has 0 fully saturated rings. The van der Waals surface area contributed by atoms with Crippen LogP contribution in [0, 0.1) is 0 Å². The Morgan fingerprint density at radius 3 is 2.60 bits per heavy atom. The van der Waals surface area contributed by atoms with Gasteiger partial charge in [-0.3, -0.25) is 4.79 Å². The van der Waals surface area contributed by atoms with Gasteiger partial charge in [-0.2, -0.15) is 0 Å². The third-order valence-electron chi connectivity index (χ3n) is 3.06. The van der Waals surface area contributed by atoms with Crippen molar-refractivity contribution in [3.05, 3.63) is 41.1 Å². The summed E-state index contributed by atoms with van der Waals surface area (Å²) in [5, 5.41) is 1.14. The Morgan fingerprint density at radius 2 is 1.90 bits per heavy atom. The van der Waals surface area contributed by atoms with Crippen molar-refractivity contribution in [2.24, 2.45) is 7.05 Å². The molecule has 0 radical (unpaired) electrons. The van der Waals surface area contributed by atoms with Gasteiger partial charge < -0.3 is 16.0 Å². The third kappa shape index (κ3) is 1.85. The quantitative estimate of drug-likeness (QED) is 0.666. The largest absolute Gasteiger partial charge is 0.383 e. The van der Waals surface area contributed by atoms with Gasteiger partial charge in [-0.1, -0.05) is 0 Å². The zero-order valence-electron chi connectivity index (χ0n) is 10.7. The lowest BCUT2D eigenvalue weighted by atomic mass is 10.1. The SMILES string of the molecule is Cn1ccc2cc(-c3cnc(N)nc3)nc(N)c2c1=O. The summed E-state index contributed by atoms with van der Waals surface area (Å²) in [6.07, 6.45) is 4.82. The second-order valence-corrected chi connectivity index (χ2v) is 4.42. The molecule has 3 heterocycles. The standard InChI is InChI=1S/C13H12N6O/c1-19-3-2-7-4-9(8-5-16-13(15)17-6-8)18-11(14)10(7)12(19)20/h2-6H,1H3,(H2,14,18)(H2,15,16,17). The Hall–Kier alpha value is -2.96. The van der Waals surface area contributed by atoms with E-state index in [9.17, 15) is 4.79 Å². The van der Waals surface area contributed by atoms with Crippen molar-refractivity contribution >= 4 is 22.5 Å². The van der Waals surface area contributed by atoms with Gasteiger partial charge in [0.25, 0.3) is 5.56 Å². The first-order valence-corrected chi connectivity index (χ1v) is 5.90. The number of aromatic nitrogens is 4.